The molecule has 0 saturated carbocycles. The Balaban J connectivity index is 5.40. The van der Waals surface area contributed by atoms with Gasteiger partial charge >= 0.3 is 11.9 Å². The molecule has 13 N–H and O–H groups in total. The zero-order valence-electron chi connectivity index (χ0n) is 17.8. The first-order valence-electron chi connectivity index (χ1n) is 9.74. The van der Waals surface area contributed by atoms with Crippen LogP contribution in [0, 0.1) is 0 Å². The molecule has 16 nitrogen and oxygen atoms in total. The van der Waals surface area contributed by atoms with Crippen LogP contribution in [-0.2, 0) is 28.8 Å². The van der Waals surface area contributed by atoms with E-state index in [1.165, 1.54) is 0 Å². The fourth-order valence-electron chi connectivity index (χ4n) is 2.46. The molecule has 0 aromatic carbocycles. The molecule has 4 amide bonds. The lowest BCUT2D eigenvalue weighted by Gasteiger charge is -2.23. The van der Waals surface area contributed by atoms with Gasteiger partial charge in [0.1, 0.15) is 18.6 Å². The van der Waals surface area contributed by atoms with Crippen molar-refractivity contribution in [3.63, 3.8) is 0 Å². The van der Waals surface area contributed by atoms with Gasteiger partial charge in [0, 0.05) is 13.0 Å². The van der Waals surface area contributed by atoms with Gasteiger partial charge in [-0.05, 0) is 19.3 Å². The molecular formula is C17H30N8O8. The number of aliphatic carboxylic acids is 2. The Labute approximate surface area is 188 Å². The molecule has 0 heterocycles. The lowest BCUT2D eigenvalue weighted by atomic mass is 10.1. The third kappa shape index (κ3) is 13.9. The van der Waals surface area contributed by atoms with Crippen LogP contribution >= 0.6 is 0 Å². The molecule has 0 bridgehead atoms. The summed E-state index contributed by atoms with van der Waals surface area (Å²) in [7, 11) is 0. The van der Waals surface area contributed by atoms with Crippen molar-refractivity contribution in [1.82, 2.24) is 16.0 Å². The van der Waals surface area contributed by atoms with Gasteiger partial charge in [0.2, 0.25) is 23.6 Å². The van der Waals surface area contributed by atoms with Crippen LogP contribution < -0.4 is 38.9 Å². The number of rotatable bonds is 16. The van der Waals surface area contributed by atoms with Crippen molar-refractivity contribution in [2.24, 2.45) is 27.9 Å². The van der Waals surface area contributed by atoms with E-state index in [-0.39, 0.29) is 31.8 Å². The molecule has 0 aromatic heterocycles. The number of carbonyl (C=O) groups is 6. The van der Waals surface area contributed by atoms with Crippen molar-refractivity contribution in [2.45, 2.75) is 50.2 Å². The van der Waals surface area contributed by atoms with Gasteiger partial charge in [-0.3, -0.25) is 33.8 Å². The number of primary amides is 1. The van der Waals surface area contributed by atoms with Crippen LogP contribution in [0.25, 0.3) is 0 Å². The zero-order valence-corrected chi connectivity index (χ0v) is 17.8. The summed E-state index contributed by atoms with van der Waals surface area (Å²) < 4.78 is 0. The summed E-state index contributed by atoms with van der Waals surface area (Å²) in [6, 6.07) is -4.04. The minimum Gasteiger partial charge on any atom is -0.481 e. The smallest absolute Gasteiger partial charge is 0.322 e. The van der Waals surface area contributed by atoms with E-state index in [4.69, 9.17) is 33.1 Å². The summed E-state index contributed by atoms with van der Waals surface area (Å²) in [5.74, 6) is -6.30. The second kappa shape index (κ2) is 15.0. The van der Waals surface area contributed by atoms with Gasteiger partial charge in [0.25, 0.3) is 0 Å². The van der Waals surface area contributed by atoms with Crippen LogP contribution in [0.1, 0.15) is 32.1 Å². The summed E-state index contributed by atoms with van der Waals surface area (Å²) >= 11 is 0. The Morgan fingerprint density at radius 1 is 0.818 bits per heavy atom. The summed E-state index contributed by atoms with van der Waals surface area (Å²) in [5.41, 5.74) is 20.9. The summed E-state index contributed by atoms with van der Waals surface area (Å²) in [6.07, 6.45) is -1.16. The van der Waals surface area contributed by atoms with E-state index in [0.717, 1.165) is 0 Å². The van der Waals surface area contributed by atoms with Gasteiger partial charge in [0.15, 0.2) is 5.96 Å². The molecule has 0 aliphatic carbocycles. The monoisotopic (exact) mass is 474 g/mol. The molecule has 0 aliphatic heterocycles. The molecular weight excluding hydrogens is 444 g/mol. The van der Waals surface area contributed by atoms with Crippen molar-refractivity contribution in [3.8, 4) is 0 Å². The van der Waals surface area contributed by atoms with Crippen LogP contribution in [0.4, 0.5) is 0 Å². The first kappa shape index (κ1) is 29.1. The molecule has 0 rings (SSSR count). The molecule has 0 spiro atoms. The number of carboxylic acids is 2. The van der Waals surface area contributed by atoms with E-state index < -0.39 is 73.1 Å². The lowest BCUT2D eigenvalue weighted by Crippen LogP contribution is -2.56. The van der Waals surface area contributed by atoms with Gasteiger partial charge in [-0.2, -0.15) is 0 Å². The van der Waals surface area contributed by atoms with Gasteiger partial charge in [-0.1, -0.05) is 0 Å². The Morgan fingerprint density at radius 2 is 1.39 bits per heavy atom. The molecule has 0 aliphatic rings. The van der Waals surface area contributed by atoms with E-state index in [9.17, 15) is 28.8 Å². The van der Waals surface area contributed by atoms with Crippen LogP contribution in [0.3, 0.4) is 0 Å². The molecule has 16 heteroatoms. The van der Waals surface area contributed by atoms with Crippen molar-refractivity contribution in [3.05, 3.63) is 0 Å². The Morgan fingerprint density at radius 3 is 1.91 bits per heavy atom. The first-order chi connectivity index (χ1) is 15.3. The highest BCUT2D eigenvalue weighted by Crippen LogP contribution is 2.04. The SMILES string of the molecule is NC(=O)CC(N)C(=O)NC(CCC(=O)O)C(=O)NC(CCCN=C(N)N)C(=O)NCC(=O)O. The maximum atomic E-state index is 12.7. The van der Waals surface area contributed by atoms with Crippen molar-refractivity contribution >= 4 is 41.5 Å². The van der Waals surface area contributed by atoms with Gasteiger partial charge < -0.3 is 49.1 Å². The van der Waals surface area contributed by atoms with E-state index >= 15 is 0 Å². The fourth-order valence-corrected chi connectivity index (χ4v) is 2.46. The Kier molecular flexibility index (Phi) is 13.2. The molecule has 33 heavy (non-hydrogen) atoms. The minimum absolute atomic E-state index is 0.00520. The molecule has 186 valence electrons. The Hall–Kier alpha value is -3.95. The third-order valence-electron chi connectivity index (χ3n) is 4.03. The molecule has 3 atom stereocenters. The number of carbonyl (C=O) groups excluding carboxylic acids is 4. The predicted octanol–water partition coefficient (Wildman–Crippen LogP) is -4.72. The molecule has 0 fully saturated rings. The lowest BCUT2D eigenvalue weighted by molar-refractivity contribution is -0.138. The second-order valence-electron chi connectivity index (χ2n) is 6.89. The summed E-state index contributed by atoms with van der Waals surface area (Å²) in [5, 5.41) is 24.3. The topological polar surface area (TPSA) is 295 Å². The quantitative estimate of drug-likeness (QED) is 0.0581. The summed E-state index contributed by atoms with van der Waals surface area (Å²) in [4.78, 5) is 73.5. The van der Waals surface area contributed by atoms with Gasteiger partial charge in [0.05, 0.1) is 12.5 Å². The van der Waals surface area contributed by atoms with E-state index in [0.29, 0.717) is 0 Å². The first-order valence-corrected chi connectivity index (χ1v) is 9.74. The number of aliphatic imine (C=N–C) groups is 1. The predicted molar refractivity (Wildman–Crippen MR) is 113 cm³/mol. The van der Waals surface area contributed by atoms with Crippen LogP contribution in [0.15, 0.2) is 4.99 Å². The maximum absolute atomic E-state index is 12.7. The standard InChI is InChI=1S/C17H30N8O8/c18-8(6-11(19)26)14(31)24-10(3-4-12(27)28)16(33)25-9(2-1-5-22-17(20)21)15(32)23-7-13(29)30/h8-10H,1-7,18H2,(H2,19,26)(H,23,32)(H,24,31)(H,25,33)(H,27,28)(H,29,30)(H4,20,21,22). The molecule has 0 radical (unpaired) electrons. The molecule has 0 saturated heterocycles. The highest BCUT2D eigenvalue weighted by molar-refractivity contribution is 5.94. The number of nitrogens with zero attached hydrogens (tertiary/aromatic N) is 1. The van der Waals surface area contributed by atoms with Crippen LogP contribution in [-0.4, -0.2) is 83.0 Å². The van der Waals surface area contributed by atoms with Crippen LogP contribution in [0.2, 0.25) is 0 Å². The Bertz CT molecular complexity index is 768. The number of hydrogen-bond acceptors (Lipinski definition) is 8. The average molecular weight is 474 g/mol. The highest BCUT2D eigenvalue weighted by Gasteiger charge is 2.29. The number of guanidine groups is 1. The maximum Gasteiger partial charge on any atom is 0.322 e. The number of amides is 4. The third-order valence-corrected chi connectivity index (χ3v) is 4.03. The zero-order chi connectivity index (χ0) is 25.6. The van der Waals surface area contributed by atoms with E-state index in [1.807, 2.05) is 0 Å². The van der Waals surface area contributed by atoms with Crippen molar-refractivity contribution in [2.75, 3.05) is 13.1 Å². The summed E-state index contributed by atoms with van der Waals surface area (Å²) in [6.45, 7) is -0.595. The van der Waals surface area contributed by atoms with Gasteiger partial charge in [-0.25, -0.2) is 0 Å². The highest BCUT2D eigenvalue weighted by atomic mass is 16.4. The number of nitrogens with two attached hydrogens (primary N) is 4. The van der Waals surface area contributed by atoms with Crippen molar-refractivity contribution < 1.29 is 39.0 Å². The van der Waals surface area contributed by atoms with E-state index in [2.05, 4.69) is 20.9 Å². The molecule has 3 unspecified atom stereocenters. The number of hydrogen-bond donors (Lipinski definition) is 9. The minimum atomic E-state index is -1.42. The average Bonchev–Trinajstić information content (AvgIpc) is 2.70. The fraction of sp³-hybridized carbons (Fsp3) is 0.588. The van der Waals surface area contributed by atoms with E-state index in [1.54, 1.807) is 0 Å². The second-order valence-corrected chi connectivity index (χ2v) is 6.89. The number of carboxylic acid groups (broad SMARTS) is 2. The number of nitrogens with one attached hydrogen (secondary N) is 3. The molecule has 0 aromatic rings. The van der Waals surface area contributed by atoms with Crippen LogP contribution in [0.5, 0.6) is 0 Å². The van der Waals surface area contributed by atoms with Crippen molar-refractivity contribution in [1.29, 1.82) is 0 Å². The normalized spacial score (nSPS) is 13.0. The van der Waals surface area contributed by atoms with Gasteiger partial charge in [-0.15, -0.1) is 0 Å². The largest absolute Gasteiger partial charge is 0.481 e.